The van der Waals surface area contributed by atoms with E-state index in [1.54, 1.807) is 6.92 Å². The molecular weight excluding hydrogens is 297 g/mol. The molecule has 0 heterocycles. The van der Waals surface area contributed by atoms with E-state index in [1.165, 1.54) is 12.1 Å². The van der Waals surface area contributed by atoms with Crippen molar-refractivity contribution in [1.29, 1.82) is 0 Å². The first kappa shape index (κ1) is 16.3. The lowest BCUT2D eigenvalue weighted by molar-refractivity contribution is -0.119. The van der Waals surface area contributed by atoms with Crippen LogP contribution >= 0.6 is 0 Å². The molecule has 0 aliphatic carbocycles. The highest BCUT2D eigenvalue weighted by atomic mass is 32.2. The van der Waals surface area contributed by atoms with Crippen molar-refractivity contribution in [3.8, 4) is 0 Å². The Kier molecular flexibility index (Phi) is 4.98. The molecule has 5 nitrogen and oxygen atoms in total. The lowest BCUT2D eigenvalue weighted by Crippen LogP contribution is -2.30. The smallest absolute Gasteiger partial charge is 0.375 e. The summed E-state index contributed by atoms with van der Waals surface area (Å²) in [5, 5.41) is 4.82. The number of sulfone groups is 1. The van der Waals surface area contributed by atoms with Gasteiger partial charge in [-0.15, -0.1) is 0 Å². The molecule has 2 N–H and O–H groups in total. The summed E-state index contributed by atoms with van der Waals surface area (Å²) in [6.07, 6.45) is 0. The maximum atomic E-state index is 12.5. The van der Waals surface area contributed by atoms with Gasteiger partial charge in [0.15, 0.2) is 0 Å². The number of carbonyl (C=O) groups excluding carboxylic acids is 1. The minimum Gasteiger partial charge on any atom is -0.375 e. The molecule has 0 aliphatic heterocycles. The van der Waals surface area contributed by atoms with E-state index in [4.69, 9.17) is 0 Å². The quantitative estimate of drug-likeness (QED) is 0.865. The molecule has 0 saturated carbocycles. The maximum Gasteiger partial charge on any atom is 0.501 e. The van der Waals surface area contributed by atoms with Crippen molar-refractivity contribution in [2.45, 2.75) is 17.3 Å². The van der Waals surface area contributed by atoms with Crippen LogP contribution in [0.1, 0.15) is 6.92 Å². The Balaban J connectivity index is 3.04. The molecular formula is C11H13F3N2O3S. The summed E-state index contributed by atoms with van der Waals surface area (Å²) >= 11 is 0. The Labute approximate surface area is 114 Å². The van der Waals surface area contributed by atoms with Crippen molar-refractivity contribution in [3.05, 3.63) is 24.3 Å². The minimum absolute atomic E-state index is 0.268. The van der Waals surface area contributed by atoms with Crippen LogP contribution in [-0.2, 0) is 14.6 Å². The highest BCUT2D eigenvalue weighted by molar-refractivity contribution is 7.92. The zero-order valence-corrected chi connectivity index (χ0v) is 11.3. The second kappa shape index (κ2) is 6.12. The molecule has 9 heteroatoms. The van der Waals surface area contributed by atoms with Crippen molar-refractivity contribution in [3.63, 3.8) is 0 Å². The Morgan fingerprint density at radius 1 is 1.25 bits per heavy atom. The van der Waals surface area contributed by atoms with E-state index in [-0.39, 0.29) is 12.2 Å². The van der Waals surface area contributed by atoms with Gasteiger partial charge in [-0.05, 0) is 19.1 Å². The highest BCUT2D eigenvalue weighted by Crippen LogP contribution is 2.33. The zero-order valence-electron chi connectivity index (χ0n) is 10.5. The molecule has 0 bridgehead atoms. The predicted octanol–water partition coefficient (Wildman–Crippen LogP) is 1.53. The fourth-order valence-corrected chi connectivity index (χ4v) is 2.34. The first-order chi connectivity index (χ1) is 9.20. The highest BCUT2D eigenvalue weighted by Gasteiger charge is 2.47. The largest absolute Gasteiger partial charge is 0.501 e. The Morgan fingerprint density at radius 2 is 1.85 bits per heavy atom. The van der Waals surface area contributed by atoms with Crippen LogP contribution in [0.2, 0.25) is 0 Å². The second-order valence-electron chi connectivity index (χ2n) is 3.75. The number of halogens is 3. The number of para-hydroxylation sites is 1. The van der Waals surface area contributed by atoms with Gasteiger partial charge >= 0.3 is 5.51 Å². The summed E-state index contributed by atoms with van der Waals surface area (Å²) in [5.74, 6) is -0.452. The Bertz CT molecular complexity index is 585. The van der Waals surface area contributed by atoms with Gasteiger partial charge in [0.2, 0.25) is 5.91 Å². The molecule has 1 rings (SSSR count). The topological polar surface area (TPSA) is 75.3 Å². The third-order valence-electron chi connectivity index (χ3n) is 2.29. The van der Waals surface area contributed by atoms with E-state index < -0.39 is 26.1 Å². The van der Waals surface area contributed by atoms with Crippen LogP contribution in [0, 0.1) is 0 Å². The minimum atomic E-state index is -5.46. The number of alkyl halides is 3. The van der Waals surface area contributed by atoms with Crippen molar-refractivity contribution >= 4 is 21.4 Å². The van der Waals surface area contributed by atoms with Crippen LogP contribution in [0.5, 0.6) is 0 Å². The van der Waals surface area contributed by atoms with Crippen LogP contribution in [0.25, 0.3) is 0 Å². The van der Waals surface area contributed by atoms with Crippen molar-refractivity contribution in [1.82, 2.24) is 5.32 Å². The molecule has 0 radical (unpaired) electrons. The van der Waals surface area contributed by atoms with Crippen LogP contribution in [0.15, 0.2) is 29.2 Å². The predicted molar refractivity (Wildman–Crippen MR) is 66.9 cm³/mol. The first-order valence-electron chi connectivity index (χ1n) is 5.61. The van der Waals surface area contributed by atoms with Crippen LogP contribution in [-0.4, -0.2) is 32.9 Å². The van der Waals surface area contributed by atoms with E-state index in [9.17, 15) is 26.4 Å². The lowest BCUT2D eigenvalue weighted by Gasteiger charge is -2.13. The molecule has 0 spiro atoms. The van der Waals surface area contributed by atoms with Crippen LogP contribution in [0.3, 0.4) is 0 Å². The van der Waals surface area contributed by atoms with Crippen molar-refractivity contribution < 1.29 is 26.4 Å². The van der Waals surface area contributed by atoms with Gasteiger partial charge in [-0.1, -0.05) is 12.1 Å². The third kappa shape index (κ3) is 3.62. The van der Waals surface area contributed by atoms with E-state index in [1.807, 2.05) is 0 Å². The average molecular weight is 310 g/mol. The lowest BCUT2D eigenvalue weighted by atomic mass is 10.3. The fraction of sp³-hybridized carbons (Fsp3) is 0.364. The molecule has 0 aliphatic rings. The second-order valence-corrected chi connectivity index (χ2v) is 5.66. The van der Waals surface area contributed by atoms with E-state index in [2.05, 4.69) is 10.6 Å². The fourth-order valence-electron chi connectivity index (χ4n) is 1.41. The number of anilines is 1. The van der Waals surface area contributed by atoms with Gasteiger partial charge in [0.05, 0.1) is 17.1 Å². The van der Waals surface area contributed by atoms with Gasteiger partial charge in [0, 0.05) is 6.54 Å². The number of carbonyl (C=O) groups is 1. The molecule has 0 saturated heterocycles. The molecule has 0 aromatic heterocycles. The molecule has 0 atom stereocenters. The molecule has 112 valence electrons. The van der Waals surface area contributed by atoms with Gasteiger partial charge in [-0.3, -0.25) is 4.79 Å². The van der Waals surface area contributed by atoms with Gasteiger partial charge in [0.1, 0.15) is 0 Å². The molecule has 1 aromatic carbocycles. The summed E-state index contributed by atoms with van der Waals surface area (Å²) in [5.41, 5.74) is -5.66. The maximum absolute atomic E-state index is 12.5. The molecule has 1 amide bonds. The summed E-state index contributed by atoms with van der Waals surface area (Å²) in [7, 11) is -5.46. The van der Waals surface area contributed by atoms with E-state index in [0.29, 0.717) is 6.54 Å². The number of rotatable bonds is 5. The van der Waals surface area contributed by atoms with Gasteiger partial charge in [-0.25, -0.2) is 8.42 Å². The van der Waals surface area contributed by atoms with E-state index >= 15 is 0 Å². The molecule has 0 unspecified atom stereocenters. The Hall–Kier alpha value is -1.77. The van der Waals surface area contributed by atoms with Crippen molar-refractivity contribution in [2.24, 2.45) is 0 Å². The summed E-state index contributed by atoms with van der Waals surface area (Å²) in [6, 6.07) is 4.55. The molecule has 1 aromatic rings. The van der Waals surface area contributed by atoms with Crippen molar-refractivity contribution in [2.75, 3.05) is 18.4 Å². The first-order valence-corrected chi connectivity index (χ1v) is 7.09. The monoisotopic (exact) mass is 310 g/mol. The normalized spacial score (nSPS) is 12.0. The summed E-state index contributed by atoms with van der Waals surface area (Å²) in [4.78, 5) is 10.3. The molecule has 20 heavy (non-hydrogen) atoms. The van der Waals surface area contributed by atoms with Crippen LogP contribution < -0.4 is 10.6 Å². The SMILES string of the molecule is CCNC(=O)CNc1ccccc1S(=O)(=O)C(F)(F)F. The number of nitrogens with one attached hydrogen (secondary N) is 2. The Morgan fingerprint density at radius 3 is 2.40 bits per heavy atom. The number of benzene rings is 1. The standard InChI is InChI=1S/C11H13F3N2O3S/c1-2-15-10(17)7-16-8-5-3-4-6-9(8)20(18,19)11(12,13)14/h3-6,16H,2,7H2,1H3,(H,15,17). The van der Waals surface area contributed by atoms with E-state index in [0.717, 1.165) is 12.1 Å². The zero-order chi connectivity index (χ0) is 15.4. The summed E-state index contributed by atoms with van der Waals surface area (Å²) < 4.78 is 60.3. The van der Waals surface area contributed by atoms with Crippen LogP contribution in [0.4, 0.5) is 18.9 Å². The number of hydrogen-bond donors (Lipinski definition) is 2. The number of likely N-dealkylation sites (N-methyl/N-ethyl adjacent to an activating group) is 1. The summed E-state index contributed by atoms with van der Waals surface area (Å²) in [6.45, 7) is 1.72. The van der Waals surface area contributed by atoms with Gasteiger partial charge in [0.25, 0.3) is 9.84 Å². The van der Waals surface area contributed by atoms with Gasteiger partial charge < -0.3 is 10.6 Å². The molecule has 0 fully saturated rings. The third-order valence-corrected chi connectivity index (χ3v) is 3.84. The number of hydrogen-bond acceptors (Lipinski definition) is 4. The average Bonchev–Trinajstić information content (AvgIpc) is 2.35. The number of amides is 1. The van der Waals surface area contributed by atoms with Gasteiger partial charge in [-0.2, -0.15) is 13.2 Å².